The molecule has 2 unspecified atom stereocenters. The van der Waals surface area contributed by atoms with Gasteiger partial charge in [0.2, 0.25) is 11.8 Å². The van der Waals surface area contributed by atoms with Crippen LogP contribution in [-0.4, -0.2) is 34.3 Å². The Kier molecular flexibility index (Phi) is 3.98. The molecule has 4 heteroatoms. The molecule has 1 saturated heterocycles. The Morgan fingerprint density at radius 1 is 1.24 bits per heavy atom. The third kappa shape index (κ3) is 2.58. The van der Waals surface area contributed by atoms with Crippen LogP contribution >= 0.6 is 0 Å². The summed E-state index contributed by atoms with van der Waals surface area (Å²) in [6, 6.07) is -0.0236. The van der Waals surface area contributed by atoms with Gasteiger partial charge in [0.15, 0.2) is 0 Å². The molecule has 118 valence electrons. The number of carbonyl (C=O) groups excluding carboxylic acids is 2. The van der Waals surface area contributed by atoms with E-state index in [2.05, 4.69) is 19.2 Å². The number of nitrogens with one attached hydrogen (secondary N) is 1. The third-order valence-corrected chi connectivity index (χ3v) is 5.53. The van der Waals surface area contributed by atoms with E-state index in [1.165, 1.54) is 6.42 Å². The van der Waals surface area contributed by atoms with Crippen molar-refractivity contribution in [2.75, 3.05) is 0 Å². The van der Waals surface area contributed by atoms with Gasteiger partial charge < -0.3 is 10.2 Å². The lowest BCUT2D eigenvalue weighted by atomic mass is 9.77. The van der Waals surface area contributed by atoms with Crippen molar-refractivity contribution in [3.05, 3.63) is 0 Å². The molecule has 2 aliphatic carbocycles. The molecule has 0 radical (unpaired) electrons. The Morgan fingerprint density at radius 2 is 1.90 bits per heavy atom. The highest BCUT2D eigenvalue weighted by Gasteiger charge is 2.55. The first kappa shape index (κ1) is 14.9. The van der Waals surface area contributed by atoms with Crippen LogP contribution in [0.3, 0.4) is 0 Å². The van der Waals surface area contributed by atoms with Crippen LogP contribution in [0.5, 0.6) is 0 Å². The molecule has 3 aliphatic rings. The minimum Gasteiger partial charge on any atom is -0.340 e. The van der Waals surface area contributed by atoms with Gasteiger partial charge in [-0.3, -0.25) is 9.59 Å². The summed E-state index contributed by atoms with van der Waals surface area (Å²) in [6.45, 7) is 4.26. The minimum absolute atomic E-state index is 0.113. The first-order valence-corrected chi connectivity index (χ1v) is 8.74. The predicted molar refractivity (Wildman–Crippen MR) is 81.7 cm³/mol. The van der Waals surface area contributed by atoms with Gasteiger partial charge in [-0.1, -0.05) is 32.6 Å². The van der Waals surface area contributed by atoms with E-state index in [0.29, 0.717) is 5.92 Å². The van der Waals surface area contributed by atoms with Crippen LogP contribution in [-0.2, 0) is 9.59 Å². The summed E-state index contributed by atoms with van der Waals surface area (Å²) >= 11 is 0. The first-order valence-electron chi connectivity index (χ1n) is 8.74. The molecule has 0 aromatic carbocycles. The van der Waals surface area contributed by atoms with Crippen molar-refractivity contribution in [1.82, 2.24) is 10.2 Å². The fourth-order valence-electron chi connectivity index (χ4n) is 4.24. The SMILES string of the molecule is CCCC(C)N1C(=O)C2(CCCCC2)NC(=O)C1C1CC1. The number of nitrogens with zero attached hydrogens (tertiary/aromatic N) is 1. The second-order valence-corrected chi connectivity index (χ2v) is 7.26. The van der Waals surface area contributed by atoms with Crippen molar-refractivity contribution in [3.63, 3.8) is 0 Å². The average Bonchev–Trinajstić information content (AvgIpc) is 3.28. The molecule has 0 aromatic heterocycles. The number of piperazine rings is 1. The topological polar surface area (TPSA) is 49.4 Å². The summed E-state index contributed by atoms with van der Waals surface area (Å²) < 4.78 is 0. The Morgan fingerprint density at radius 3 is 2.48 bits per heavy atom. The fraction of sp³-hybridized carbons (Fsp3) is 0.882. The van der Waals surface area contributed by atoms with Gasteiger partial charge >= 0.3 is 0 Å². The van der Waals surface area contributed by atoms with Crippen LogP contribution in [0, 0.1) is 5.92 Å². The standard InChI is InChI=1S/C17H28N2O2/c1-3-7-12(2)19-14(13-8-9-13)15(20)18-17(16(19)21)10-5-4-6-11-17/h12-14H,3-11H2,1-2H3,(H,18,20). The molecule has 2 amide bonds. The van der Waals surface area contributed by atoms with Gasteiger partial charge in [-0.05, 0) is 44.9 Å². The molecule has 4 nitrogen and oxygen atoms in total. The molecular weight excluding hydrogens is 264 g/mol. The zero-order chi connectivity index (χ0) is 15.0. The summed E-state index contributed by atoms with van der Waals surface area (Å²) in [6.07, 6.45) is 9.15. The number of hydrogen-bond donors (Lipinski definition) is 1. The lowest BCUT2D eigenvalue weighted by Crippen LogP contribution is -2.72. The fourth-order valence-corrected chi connectivity index (χ4v) is 4.24. The maximum Gasteiger partial charge on any atom is 0.249 e. The number of hydrogen-bond acceptors (Lipinski definition) is 2. The molecule has 1 heterocycles. The van der Waals surface area contributed by atoms with Crippen molar-refractivity contribution in [2.45, 2.75) is 89.3 Å². The molecule has 21 heavy (non-hydrogen) atoms. The lowest BCUT2D eigenvalue weighted by Gasteiger charge is -2.50. The zero-order valence-electron chi connectivity index (χ0n) is 13.4. The van der Waals surface area contributed by atoms with E-state index in [0.717, 1.165) is 51.4 Å². The van der Waals surface area contributed by atoms with E-state index >= 15 is 0 Å². The van der Waals surface area contributed by atoms with E-state index in [4.69, 9.17) is 0 Å². The van der Waals surface area contributed by atoms with Gasteiger partial charge in [-0.25, -0.2) is 0 Å². The highest BCUT2D eigenvalue weighted by Crippen LogP contribution is 2.42. The van der Waals surface area contributed by atoms with Crippen LogP contribution < -0.4 is 5.32 Å². The molecule has 1 spiro atoms. The van der Waals surface area contributed by atoms with Crippen molar-refractivity contribution in [2.24, 2.45) is 5.92 Å². The minimum atomic E-state index is -0.581. The van der Waals surface area contributed by atoms with Crippen LogP contribution in [0.2, 0.25) is 0 Å². The summed E-state index contributed by atoms with van der Waals surface area (Å²) in [5.74, 6) is 0.718. The Bertz CT molecular complexity index is 425. The second kappa shape index (κ2) is 5.62. The number of amides is 2. The molecule has 0 bridgehead atoms. The van der Waals surface area contributed by atoms with E-state index in [-0.39, 0.29) is 23.9 Å². The van der Waals surface area contributed by atoms with E-state index < -0.39 is 5.54 Å². The molecular formula is C17H28N2O2. The molecule has 1 aliphatic heterocycles. The van der Waals surface area contributed by atoms with Gasteiger partial charge in [0.25, 0.3) is 0 Å². The third-order valence-electron chi connectivity index (χ3n) is 5.53. The Hall–Kier alpha value is -1.06. The van der Waals surface area contributed by atoms with Gasteiger partial charge in [0.1, 0.15) is 11.6 Å². The highest BCUT2D eigenvalue weighted by atomic mass is 16.2. The van der Waals surface area contributed by atoms with Crippen molar-refractivity contribution < 1.29 is 9.59 Å². The highest BCUT2D eigenvalue weighted by molar-refractivity contribution is 6.00. The number of carbonyl (C=O) groups is 2. The van der Waals surface area contributed by atoms with Crippen LogP contribution in [0.1, 0.15) is 71.6 Å². The van der Waals surface area contributed by atoms with E-state index in [1.807, 2.05) is 4.90 Å². The van der Waals surface area contributed by atoms with Crippen molar-refractivity contribution >= 4 is 11.8 Å². The van der Waals surface area contributed by atoms with Gasteiger partial charge in [-0.15, -0.1) is 0 Å². The molecule has 3 rings (SSSR count). The first-order chi connectivity index (χ1) is 10.1. The second-order valence-electron chi connectivity index (χ2n) is 7.26. The summed E-state index contributed by atoms with van der Waals surface area (Å²) in [5.41, 5.74) is -0.581. The largest absolute Gasteiger partial charge is 0.340 e. The summed E-state index contributed by atoms with van der Waals surface area (Å²) in [5, 5.41) is 3.15. The van der Waals surface area contributed by atoms with Gasteiger partial charge in [-0.2, -0.15) is 0 Å². The predicted octanol–water partition coefficient (Wildman–Crippen LogP) is 2.61. The monoisotopic (exact) mass is 292 g/mol. The quantitative estimate of drug-likeness (QED) is 0.866. The van der Waals surface area contributed by atoms with E-state index in [1.54, 1.807) is 0 Å². The molecule has 3 fully saturated rings. The van der Waals surface area contributed by atoms with Crippen LogP contribution in [0.15, 0.2) is 0 Å². The summed E-state index contributed by atoms with van der Waals surface area (Å²) in [4.78, 5) is 27.9. The maximum atomic E-state index is 13.2. The maximum absolute atomic E-state index is 13.2. The number of rotatable bonds is 4. The van der Waals surface area contributed by atoms with Crippen molar-refractivity contribution in [1.29, 1.82) is 0 Å². The molecule has 0 aromatic rings. The van der Waals surface area contributed by atoms with Gasteiger partial charge in [0, 0.05) is 6.04 Å². The lowest BCUT2D eigenvalue weighted by molar-refractivity contribution is -0.160. The van der Waals surface area contributed by atoms with E-state index in [9.17, 15) is 9.59 Å². The average molecular weight is 292 g/mol. The molecule has 2 atom stereocenters. The molecule has 2 saturated carbocycles. The Balaban J connectivity index is 1.89. The smallest absolute Gasteiger partial charge is 0.249 e. The van der Waals surface area contributed by atoms with Crippen molar-refractivity contribution in [3.8, 4) is 0 Å². The zero-order valence-corrected chi connectivity index (χ0v) is 13.4. The normalized spacial score (nSPS) is 30.4. The van der Waals surface area contributed by atoms with Crippen LogP contribution in [0.25, 0.3) is 0 Å². The Labute approximate surface area is 127 Å². The van der Waals surface area contributed by atoms with Crippen LogP contribution in [0.4, 0.5) is 0 Å². The summed E-state index contributed by atoms with van der Waals surface area (Å²) in [7, 11) is 0. The molecule has 1 N–H and O–H groups in total. The van der Waals surface area contributed by atoms with Gasteiger partial charge in [0.05, 0.1) is 0 Å².